The van der Waals surface area contributed by atoms with Gasteiger partial charge in [-0.3, -0.25) is 9.78 Å². The standard InChI is InChI=1S/C19H13FN2O3S/c20-12-5-3-10(4-6-12)15-16-17(26-18(15)19(24)25)13(8-14(23)22-16)11-2-1-7-21-9-11/h1-7,9,13H,8H2,(H,22,23)(H,24,25)/t13-/m0/s1. The second-order valence-electron chi connectivity index (χ2n) is 5.95. The quantitative estimate of drug-likeness (QED) is 0.729. The minimum atomic E-state index is -1.08. The molecule has 1 atom stereocenters. The number of anilines is 1. The number of aromatic carboxylic acids is 1. The van der Waals surface area contributed by atoms with Gasteiger partial charge in [0.2, 0.25) is 5.91 Å². The molecule has 4 rings (SSSR count). The third-order valence-corrected chi connectivity index (χ3v) is 5.61. The van der Waals surface area contributed by atoms with E-state index in [2.05, 4.69) is 10.3 Å². The number of thiophene rings is 1. The number of rotatable bonds is 3. The van der Waals surface area contributed by atoms with E-state index in [1.165, 1.54) is 24.3 Å². The summed E-state index contributed by atoms with van der Waals surface area (Å²) in [5.74, 6) is -1.94. The molecule has 0 saturated heterocycles. The van der Waals surface area contributed by atoms with Crippen molar-refractivity contribution < 1.29 is 19.1 Å². The fourth-order valence-corrected chi connectivity index (χ4v) is 4.43. The zero-order chi connectivity index (χ0) is 18.3. The molecule has 0 saturated carbocycles. The van der Waals surface area contributed by atoms with Crippen molar-refractivity contribution in [2.45, 2.75) is 12.3 Å². The van der Waals surface area contributed by atoms with Crippen molar-refractivity contribution in [3.8, 4) is 11.1 Å². The number of nitrogens with one attached hydrogen (secondary N) is 1. The molecule has 26 heavy (non-hydrogen) atoms. The van der Waals surface area contributed by atoms with E-state index in [1.807, 2.05) is 6.07 Å². The number of carboxylic acids is 1. The molecule has 0 aliphatic carbocycles. The van der Waals surface area contributed by atoms with Gasteiger partial charge in [0.25, 0.3) is 0 Å². The van der Waals surface area contributed by atoms with Gasteiger partial charge in [0, 0.05) is 35.2 Å². The maximum absolute atomic E-state index is 13.3. The lowest BCUT2D eigenvalue weighted by Gasteiger charge is -2.23. The molecule has 0 bridgehead atoms. The minimum absolute atomic E-state index is 0.123. The van der Waals surface area contributed by atoms with E-state index in [9.17, 15) is 19.1 Å². The number of nitrogens with zero attached hydrogens (tertiary/aromatic N) is 1. The lowest BCUT2D eigenvalue weighted by molar-refractivity contribution is -0.116. The highest BCUT2D eigenvalue weighted by molar-refractivity contribution is 7.15. The van der Waals surface area contributed by atoms with Crippen molar-refractivity contribution >= 4 is 28.9 Å². The van der Waals surface area contributed by atoms with Crippen LogP contribution in [0.15, 0.2) is 48.8 Å². The topological polar surface area (TPSA) is 79.3 Å². The van der Waals surface area contributed by atoms with Crippen LogP contribution in [0, 0.1) is 5.82 Å². The average molecular weight is 368 g/mol. The van der Waals surface area contributed by atoms with Gasteiger partial charge in [-0.05, 0) is 29.3 Å². The van der Waals surface area contributed by atoms with E-state index >= 15 is 0 Å². The summed E-state index contributed by atoms with van der Waals surface area (Å²) >= 11 is 1.14. The van der Waals surface area contributed by atoms with Gasteiger partial charge in [-0.15, -0.1) is 11.3 Å². The number of hydrogen-bond acceptors (Lipinski definition) is 4. The molecule has 1 aliphatic rings. The summed E-state index contributed by atoms with van der Waals surface area (Å²) in [6, 6.07) is 9.24. The highest BCUT2D eigenvalue weighted by atomic mass is 32.1. The second-order valence-corrected chi connectivity index (χ2v) is 7.00. The molecule has 0 radical (unpaired) electrons. The maximum atomic E-state index is 13.3. The molecule has 1 aliphatic heterocycles. The first-order valence-corrected chi connectivity index (χ1v) is 8.72. The zero-order valence-corrected chi connectivity index (χ0v) is 14.2. The number of carbonyl (C=O) groups is 2. The molecule has 5 nitrogen and oxygen atoms in total. The van der Waals surface area contributed by atoms with Crippen molar-refractivity contribution in [2.24, 2.45) is 0 Å². The Labute approximate surface area is 152 Å². The van der Waals surface area contributed by atoms with Crippen LogP contribution in [0.3, 0.4) is 0 Å². The van der Waals surface area contributed by atoms with E-state index in [-0.39, 0.29) is 23.1 Å². The number of amides is 1. The summed E-state index contributed by atoms with van der Waals surface area (Å²) in [4.78, 5) is 29.1. The van der Waals surface area contributed by atoms with Crippen molar-refractivity contribution in [3.05, 3.63) is 69.9 Å². The molecule has 1 amide bonds. The number of aromatic nitrogens is 1. The Morgan fingerprint density at radius 2 is 2.04 bits per heavy atom. The molecular weight excluding hydrogens is 355 g/mol. The van der Waals surface area contributed by atoms with Crippen molar-refractivity contribution in [1.29, 1.82) is 0 Å². The summed E-state index contributed by atoms with van der Waals surface area (Å²) in [5.41, 5.74) is 2.31. The molecule has 2 N–H and O–H groups in total. The van der Waals surface area contributed by atoms with Gasteiger partial charge in [0.15, 0.2) is 0 Å². The summed E-state index contributed by atoms with van der Waals surface area (Å²) in [6.45, 7) is 0. The normalized spacial score (nSPS) is 16.0. The molecular formula is C19H13FN2O3S. The first-order chi connectivity index (χ1) is 12.5. The Bertz CT molecular complexity index is 1000. The van der Waals surface area contributed by atoms with Crippen LogP contribution in [0.25, 0.3) is 11.1 Å². The van der Waals surface area contributed by atoms with Crippen molar-refractivity contribution in [2.75, 3.05) is 5.32 Å². The average Bonchev–Trinajstić information content (AvgIpc) is 3.02. The summed E-state index contributed by atoms with van der Waals surface area (Å²) in [6.07, 6.45) is 3.56. The van der Waals surface area contributed by atoms with Crippen molar-refractivity contribution in [1.82, 2.24) is 4.98 Å². The van der Waals surface area contributed by atoms with E-state index in [1.54, 1.807) is 18.5 Å². The van der Waals surface area contributed by atoms with Gasteiger partial charge in [-0.25, -0.2) is 9.18 Å². The zero-order valence-electron chi connectivity index (χ0n) is 13.4. The van der Waals surface area contributed by atoms with Gasteiger partial charge < -0.3 is 10.4 Å². The second kappa shape index (κ2) is 6.34. The van der Waals surface area contributed by atoms with Crippen LogP contribution < -0.4 is 5.32 Å². The smallest absolute Gasteiger partial charge is 0.346 e. The lowest BCUT2D eigenvalue weighted by Crippen LogP contribution is -2.22. The van der Waals surface area contributed by atoms with Gasteiger partial charge in [-0.1, -0.05) is 18.2 Å². The number of fused-ring (bicyclic) bond motifs is 1. The lowest BCUT2D eigenvalue weighted by atomic mass is 9.89. The Morgan fingerprint density at radius 1 is 1.27 bits per heavy atom. The Hall–Kier alpha value is -3.06. The molecule has 130 valence electrons. The number of benzene rings is 1. The predicted molar refractivity (Wildman–Crippen MR) is 96.0 cm³/mol. The highest BCUT2D eigenvalue weighted by Gasteiger charge is 2.34. The van der Waals surface area contributed by atoms with Gasteiger partial charge in [0.05, 0.1) is 5.69 Å². The molecule has 7 heteroatoms. The predicted octanol–water partition coefficient (Wildman–Crippen LogP) is 4.12. The van der Waals surface area contributed by atoms with Crippen LogP contribution >= 0.6 is 11.3 Å². The van der Waals surface area contributed by atoms with Gasteiger partial charge in [0.1, 0.15) is 10.7 Å². The third-order valence-electron chi connectivity index (χ3n) is 4.32. The molecule has 0 spiro atoms. The summed E-state index contributed by atoms with van der Waals surface area (Å²) < 4.78 is 13.3. The highest BCUT2D eigenvalue weighted by Crippen LogP contribution is 2.49. The largest absolute Gasteiger partial charge is 0.477 e. The first-order valence-electron chi connectivity index (χ1n) is 7.90. The monoisotopic (exact) mass is 368 g/mol. The van der Waals surface area contributed by atoms with Crippen molar-refractivity contribution in [3.63, 3.8) is 0 Å². The maximum Gasteiger partial charge on any atom is 0.346 e. The van der Waals surface area contributed by atoms with E-state index in [0.29, 0.717) is 16.8 Å². The molecule has 3 aromatic rings. The van der Waals surface area contributed by atoms with Gasteiger partial charge >= 0.3 is 5.97 Å². The fraction of sp³-hybridized carbons (Fsp3) is 0.105. The van der Waals surface area contributed by atoms with Crippen LogP contribution in [-0.4, -0.2) is 22.0 Å². The number of carbonyl (C=O) groups excluding carboxylic acids is 1. The van der Waals surface area contributed by atoms with E-state index < -0.39 is 11.8 Å². The molecule has 0 unspecified atom stereocenters. The SMILES string of the molecule is O=C1C[C@@H](c2cccnc2)c2sc(C(=O)O)c(-c3ccc(F)cc3)c2N1. The van der Waals surface area contributed by atoms with Crippen LogP contribution in [0.1, 0.15) is 32.5 Å². The number of carboxylic acid groups (broad SMARTS) is 1. The molecule has 0 fully saturated rings. The third kappa shape index (κ3) is 2.76. The van der Waals surface area contributed by atoms with Crippen LogP contribution in [0.5, 0.6) is 0 Å². The number of halogens is 1. The Morgan fingerprint density at radius 3 is 2.69 bits per heavy atom. The van der Waals surface area contributed by atoms with Crippen LogP contribution in [-0.2, 0) is 4.79 Å². The number of pyridine rings is 1. The number of hydrogen-bond donors (Lipinski definition) is 2. The minimum Gasteiger partial charge on any atom is -0.477 e. The Balaban J connectivity index is 1.94. The summed E-state index contributed by atoms with van der Waals surface area (Å²) in [5, 5.41) is 12.5. The van der Waals surface area contributed by atoms with E-state index in [0.717, 1.165) is 21.8 Å². The van der Waals surface area contributed by atoms with Gasteiger partial charge in [-0.2, -0.15) is 0 Å². The molecule has 1 aromatic carbocycles. The first kappa shape index (κ1) is 16.4. The van der Waals surface area contributed by atoms with Crippen LogP contribution in [0.2, 0.25) is 0 Å². The fourth-order valence-electron chi connectivity index (χ4n) is 3.18. The van der Waals surface area contributed by atoms with E-state index in [4.69, 9.17) is 0 Å². The Kier molecular flexibility index (Phi) is 4.00. The molecule has 3 heterocycles. The summed E-state index contributed by atoms with van der Waals surface area (Å²) in [7, 11) is 0. The molecule has 2 aromatic heterocycles. The van der Waals surface area contributed by atoms with Crippen LogP contribution in [0.4, 0.5) is 10.1 Å².